The van der Waals surface area contributed by atoms with Gasteiger partial charge in [0.2, 0.25) is 0 Å². The Hall–Kier alpha value is -1.62. The zero-order chi connectivity index (χ0) is 15.9. The van der Waals surface area contributed by atoms with E-state index in [0.717, 1.165) is 0 Å². The molecule has 118 valence electrons. The number of carboxylic acid groups (broad SMARTS) is 1. The lowest BCUT2D eigenvalue weighted by Gasteiger charge is -2.25. The molecule has 0 aliphatic heterocycles. The van der Waals surface area contributed by atoms with E-state index < -0.39 is 11.5 Å². The highest BCUT2D eigenvalue weighted by molar-refractivity contribution is 5.78. The van der Waals surface area contributed by atoms with Gasteiger partial charge in [0.1, 0.15) is 5.54 Å². The summed E-state index contributed by atoms with van der Waals surface area (Å²) in [5, 5.41) is 12.2. The Bertz CT molecular complexity index is 479. The summed E-state index contributed by atoms with van der Waals surface area (Å²) in [6.45, 7) is 6.23. The van der Waals surface area contributed by atoms with E-state index in [0.29, 0.717) is 38.0 Å². The zero-order valence-corrected chi connectivity index (χ0v) is 12.9. The molecule has 0 saturated heterocycles. The van der Waals surface area contributed by atoms with Gasteiger partial charge in [-0.3, -0.25) is 4.79 Å². The molecular formula is C16H24FNO3. The van der Waals surface area contributed by atoms with Crippen LogP contribution in [0.2, 0.25) is 0 Å². The van der Waals surface area contributed by atoms with Gasteiger partial charge in [0.25, 0.3) is 0 Å². The van der Waals surface area contributed by atoms with E-state index >= 15 is 0 Å². The monoisotopic (exact) mass is 297 g/mol. The number of unbranched alkanes of at least 4 members (excludes halogenated alkanes) is 1. The highest BCUT2D eigenvalue weighted by Crippen LogP contribution is 2.20. The summed E-state index contributed by atoms with van der Waals surface area (Å²) in [7, 11) is 0. The maximum Gasteiger partial charge on any atom is 0.323 e. The molecule has 0 spiro atoms. The number of rotatable bonds is 9. The number of likely N-dealkylation sites (N-methyl/N-ethyl adjacent to an activating group) is 1. The SMILES string of the molecule is CCNC(C)(CCCCOc1cccc(C)c1F)C(=O)O. The molecule has 0 aliphatic rings. The number of hydrogen-bond acceptors (Lipinski definition) is 3. The van der Waals surface area contributed by atoms with Gasteiger partial charge >= 0.3 is 5.97 Å². The van der Waals surface area contributed by atoms with Crippen molar-refractivity contribution in [1.82, 2.24) is 5.32 Å². The first-order chi connectivity index (χ1) is 9.90. The average molecular weight is 297 g/mol. The number of nitrogens with one attached hydrogen (secondary N) is 1. The highest BCUT2D eigenvalue weighted by atomic mass is 19.1. The van der Waals surface area contributed by atoms with Crippen molar-refractivity contribution in [1.29, 1.82) is 0 Å². The molecule has 1 atom stereocenters. The van der Waals surface area contributed by atoms with Crippen LogP contribution < -0.4 is 10.1 Å². The second-order valence-corrected chi connectivity index (χ2v) is 5.36. The second kappa shape index (κ2) is 7.98. The lowest BCUT2D eigenvalue weighted by Crippen LogP contribution is -2.49. The van der Waals surface area contributed by atoms with Crippen LogP contribution >= 0.6 is 0 Å². The number of aliphatic carboxylic acids is 1. The first kappa shape index (κ1) is 17.4. The third-order valence-electron chi connectivity index (χ3n) is 3.52. The number of carbonyl (C=O) groups is 1. The molecule has 1 rings (SSSR count). The predicted octanol–water partition coefficient (Wildman–Crippen LogP) is 3.14. The molecule has 4 nitrogen and oxygen atoms in total. The number of benzene rings is 1. The van der Waals surface area contributed by atoms with Gasteiger partial charge in [0, 0.05) is 0 Å². The highest BCUT2D eigenvalue weighted by Gasteiger charge is 2.30. The van der Waals surface area contributed by atoms with Crippen LogP contribution in [0, 0.1) is 12.7 Å². The molecule has 0 aromatic heterocycles. The van der Waals surface area contributed by atoms with Crippen molar-refractivity contribution >= 4 is 5.97 Å². The molecule has 1 unspecified atom stereocenters. The third kappa shape index (κ3) is 5.01. The fraction of sp³-hybridized carbons (Fsp3) is 0.562. The summed E-state index contributed by atoms with van der Waals surface area (Å²) in [6.07, 6.45) is 1.89. The first-order valence-corrected chi connectivity index (χ1v) is 7.27. The Kier molecular flexibility index (Phi) is 6.62. The molecule has 2 N–H and O–H groups in total. The molecule has 0 fully saturated rings. The standard InChI is InChI=1S/C16H24FNO3/c1-4-18-16(3,15(19)20)10-5-6-11-21-13-9-7-8-12(2)14(13)17/h7-9,18H,4-6,10-11H2,1-3H3,(H,19,20). The maximum absolute atomic E-state index is 13.7. The molecule has 0 aliphatic carbocycles. The van der Waals surface area contributed by atoms with Gasteiger partial charge < -0.3 is 15.2 Å². The van der Waals surface area contributed by atoms with Gasteiger partial charge in [-0.25, -0.2) is 4.39 Å². The maximum atomic E-state index is 13.7. The molecule has 1 aromatic rings. The predicted molar refractivity (Wildman–Crippen MR) is 80.2 cm³/mol. The van der Waals surface area contributed by atoms with E-state index in [1.807, 2.05) is 6.92 Å². The summed E-state index contributed by atoms with van der Waals surface area (Å²) in [5.41, 5.74) is -0.360. The zero-order valence-electron chi connectivity index (χ0n) is 12.9. The smallest absolute Gasteiger partial charge is 0.323 e. The molecule has 5 heteroatoms. The van der Waals surface area contributed by atoms with Crippen LogP contribution in [0.15, 0.2) is 18.2 Å². The van der Waals surface area contributed by atoms with Crippen molar-refractivity contribution in [3.63, 3.8) is 0 Å². The Balaban J connectivity index is 2.37. The topological polar surface area (TPSA) is 58.6 Å². The van der Waals surface area contributed by atoms with Crippen LogP contribution in [-0.4, -0.2) is 29.8 Å². The molecule has 0 bridgehead atoms. The number of hydrogen-bond donors (Lipinski definition) is 2. The van der Waals surface area contributed by atoms with E-state index in [1.54, 1.807) is 32.0 Å². The third-order valence-corrected chi connectivity index (χ3v) is 3.52. The van der Waals surface area contributed by atoms with Gasteiger partial charge in [0.15, 0.2) is 11.6 Å². The van der Waals surface area contributed by atoms with E-state index in [4.69, 9.17) is 4.74 Å². The lowest BCUT2D eigenvalue weighted by molar-refractivity contribution is -0.144. The fourth-order valence-corrected chi connectivity index (χ4v) is 2.16. The summed E-state index contributed by atoms with van der Waals surface area (Å²) in [5.74, 6) is -0.932. The Labute approximate surface area is 125 Å². The van der Waals surface area contributed by atoms with Crippen LogP contribution in [0.4, 0.5) is 4.39 Å². The van der Waals surface area contributed by atoms with E-state index in [1.165, 1.54) is 0 Å². The van der Waals surface area contributed by atoms with Gasteiger partial charge in [-0.15, -0.1) is 0 Å². The average Bonchev–Trinajstić information content (AvgIpc) is 2.43. The van der Waals surface area contributed by atoms with Gasteiger partial charge in [-0.2, -0.15) is 0 Å². The summed E-state index contributed by atoms with van der Waals surface area (Å²) < 4.78 is 19.1. The van der Waals surface area contributed by atoms with E-state index in [2.05, 4.69) is 5.32 Å². The molecule has 0 heterocycles. The minimum Gasteiger partial charge on any atom is -0.491 e. The van der Waals surface area contributed by atoms with Crippen LogP contribution in [0.25, 0.3) is 0 Å². The van der Waals surface area contributed by atoms with Crippen LogP contribution in [-0.2, 0) is 4.79 Å². The van der Waals surface area contributed by atoms with E-state index in [9.17, 15) is 14.3 Å². The number of halogens is 1. The molecule has 0 saturated carbocycles. The summed E-state index contributed by atoms with van der Waals surface area (Å²) in [4.78, 5) is 11.2. The van der Waals surface area contributed by atoms with Crippen LogP contribution in [0.5, 0.6) is 5.75 Å². The molecule has 1 aromatic carbocycles. The van der Waals surface area contributed by atoms with E-state index in [-0.39, 0.29) is 11.6 Å². The quantitative estimate of drug-likeness (QED) is 0.688. The van der Waals surface area contributed by atoms with Crippen molar-refractivity contribution in [3.05, 3.63) is 29.6 Å². The van der Waals surface area contributed by atoms with Crippen LogP contribution in [0.1, 0.15) is 38.7 Å². The number of carboxylic acids is 1. The minimum absolute atomic E-state index is 0.252. The number of ether oxygens (including phenoxy) is 1. The lowest BCUT2D eigenvalue weighted by atomic mass is 9.95. The van der Waals surface area contributed by atoms with Gasteiger partial charge in [-0.05, 0) is 51.3 Å². The summed E-state index contributed by atoms with van der Waals surface area (Å²) >= 11 is 0. The summed E-state index contributed by atoms with van der Waals surface area (Å²) in [6, 6.07) is 5.04. The molecule has 0 radical (unpaired) electrons. The normalized spacial score (nSPS) is 13.7. The minimum atomic E-state index is -0.913. The molecule has 21 heavy (non-hydrogen) atoms. The second-order valence-electron chi connectivity index (χ2n) is 5.36. The Morgan fingerprint density at radius 1 is 1.43 bits per heavy atom. The Morgan fingerprint density at radius 2 is 2.14 bits per heavy atom. The number of aryl methyl sites for hydroxylation is 1. The van der Waals surface area contributed by atoms with Crippen LogP contribution in [0.3, 0.4) is 0 Å². The Morgan fingerprint density at radius 3 is 2.76 bits per heavy atom. The first-order valence-electron chi connectivity index (χ1n) is 7.27. The van der Waals surface area contributed by atoms with Crippen molar-refractivity contribution in [2.75, 3.05) is 13.2 Å². The van der Waals surface area contributed by atoms with Crippen molar-refractivity contribution in [2.45, 2.75) is 45.6 Å². The largest absolute Gasteiger partial charge is 0.491 e. The van der Waals surface area contributed by atoms with Crippen molar-refractivity contribution in [3.8, 4) is 5.75 Å². The molecule has 0 amide bonds. The van der Waals surface area contributed by atoms with Crippen molar-refractivity contribution < 1.29 is 19.0 Å². The fourth-order valence-electron chi connectivity index (χ4n) is 2.16. The van der Waals surface area contributed by atoms with Crippen molar-refractivity contribution in [2.24, 2.45) is 0 Å². The molecular weight excluding hydrogens is 273 g/mol. The van der Waals surface area contributed by atoms with Gasteiger partial charge in [-0.1, -0.05) is 19.1 Å². The van der Waals surface area contributed by atoms with Gasteiger partial charge in [0.05, 0.1) is 6.61 Å².